The smallest absolute Gasteiger partial charge is 0.213 e. The maximum atomic E-state index is 12.1. The summed E-state index contributed by atoms with van der Waals surface area (Å²) in [5, 5.41) is 8.85. The minimum Gasteiger partial charge on any atom is -0.370 e. The third-order valence-corrected chi connectivity index (χ3v) is 8.21. The number of piperidine rings is 1. The zero-order valence-corrected chi connectivity index (χ0v) is 19.0. The van der Waals surface area contributed by atoms with E-state index in [0.29, 0.717) is 19.0 Å². The molecule has 1 aliphatic heterocycles. The van der Waals surface area contributed by atoms with E-state index in [2.05, 4.69) is 16.5 Å². The van der Waals surface area contributed by atoms with Crippen molar-refractivity contribution in [2.24, 2.45) is 5.92 Å². The van der Waals surface area contributed by atoms with Gasteiger partial charge in [0.1, 0.15) is 13.7 Å². The molecule has 10 heteroatoms. The van der Waals surface area contributed by atoms with Crippen molar-refractivity contribution in [1.82, 2.24) is 18.9 Å². The summed E-state index contributed by atoms with van der Waals surface area (Å²) in [6.07, 6.45) is 9.48. The Hall–Kier alpha value is -1.84. The molecule has 2 aliphatic rings. The summed E-state index contributed by atoms with van der Waals surface area (Å²) in [5.41, 5.74) is 3.63. The maximum absolute atomic E-state index is 12.1. The highest BCUT2D eigenvalue weighted by molar-refractivity contribution is 7.89. The van der Waals surface area contributed by atoms with Gasteiger partial charge < -0.3 is 5.32 Å². The zero-order valence-electron chi connectivity index (χ0n) is 17.4. The Morgan fingerprint density at radius 1 is 1.33 bits per heavy atom. The quantitative estimate of drug-likeness (QED) is 0.683. The molecule has 0 bridgehead atoms. The SMILES string of the molecule is Bc1cnn2c(NCC3CCN(S(=O)(=O)CC)CC3)cc(C3=C(Cl)CCC=C3)nc12. The number of halogens is 1. The fourth-order valence-electron chi connectivity index (χ4n) is 4.02. The highest BCUT2D eigenvalue weighted by atomic mass is 35.5. The van der Waals surface area contributed by atoms with Gasteiger partial charge in [0.25, 0.3) is 0 Å². The molecule has 3 heterocycles. The Morgan fingerprint density at radius 3 is 2.80 bits per heavy atom. The molecular weight excluding hydrogens is 421 g/mol. The number of sulfonamides is 1. The highest BCUT2D eigenvalue weighted by Gasteiger charge is 2.26. The van der Waals surface area contributed by atoms with Gasteiger partial charge in [-0.05, 0) is 44.0 Å². The number of rotatable bonds is 6. The van der Waals surface area contributed by atoms with E-state index < -0.39 is 10.0 Å². The monoisotopic (exact) mass is 447 g/mol. The van der Waals surface area contributed by atoms with Crippen molar-refractivity contribution >= 4 is 52.0 Å². The molecule has 1 N–H and O–H groups in total. The van der Waals surface area contributed by atoms with Crippen LogP contribution in [0.1, 0.15) is 38.3 Å². The molecule has 0 atom stereocenters. The number of hydrogen-bond acceptors (Lipinski definition) is 5. The molecule has 0 spiro atoms. The average Bonchev–Trinajstić information content (AvgIpc) is 3.13. The van der Waals surface area contributed by atoms with Crippen LogP contribution in [-0.2, 0) is 10.0 Å². The summed E-state index contributed by atoms with van der Waals surface area (Å²) in [6, 6.07) is 2.00. The standard InChI is InChI=1S/C20H27BClN5O2S/c1-2-30(28,29)26-9-7-14(8-10-26)12-23-19-11-18(15-5-3-4-6-17(15)22)25-20-16(21)13-24-27(19)20/h3,5,11,13-14,23H,2,4,6-10,12,21H2,1H3. The molecule has 0 amide bonds. The second kappa shape index (κ2) is 8.73. The van der Waals surface area contributed by atoms with E-state index in [0.717, 1.165) is 65.5 Å². The summed E-state index contributed by atoms with van der Waals surface area (Å²) in [5.74, 6) is 1.45. The van der Waals surface area contributed by atoms with E-state index in [1.165, 1.54) is 0 Å². The molecule has 0 aromatic carbocycles. The van der Waals surface area contributed by atoms with Crippen LogP contribution in [0.15, 0.2) is 29.4 Å². The second-order valence-electron chi connectivity index (χ2n) is 7.97. The number of fused-ring (bicyclic) bond motifs is 1. The van der Waals surface area contributed by atoms with Crippen molar-refractivity contribution in [2.75, 3.05) is 30.7 Å². The average molecular weight is 448 g/mol. The van der Waals surface area contributed by atoms with E-state index >= 15 is 0 Å². The molecule has 4 rings (SSSR count). The van der Waals surface area contributed by atoms with Crippen LogP contribution in [0, 0.1) is 5.92 Å². The topological polar surface area (TPSA) is 79.6 Å². The van der Waals surface area contributed by atoms with Crippen LogP contribution in [-0.4, -0.2) is 60.6 Å². The Labute approximate surface area is 183 Å². The number of aromatic nitrogens is 3. The lowest BCUT2D eigenvalue weighted by atomic mass is 9.98. The van der Waals surface area contributed by atoms with E-state index in [9.17, 15) is 8.42 Å². The zero-order chi connectivity index (χ0) is 21.3. The molecular formula is C20H27BClN5O2S. The van der Waals surface area contributed by atoms with Gasteiger partial charge in [-0.2, -0.15) is 9.61 Å². The number of hydrogen-bond donors (Lipinski definition) is 1. The maximum Gasteiger partial charge on any atom is 0.213 e. The summed E-state index contributed by atoms with van der Waals surface area (Å²) in [4.78, 5) is 4.80. The van der Waals surface area contributed by atoms with Crippen molar-refractivity contribution < 1.29 is 8.42 Å². The summed E-state index contributed by atoms with van der Waals surface area (Å²) in [7, 11) is -1.10. The lowest BCUT2D eigenvalue weighted by Crippen LogP contribution is -2.40. The molecule has 0 radical (unpaired) electrons. The third kappa shape index (κ3) is 4.29. The van der Waals surface area contributed by atoms with E-state index in [-0.39, 0.29) is 5.75 Å². The Morgan fingerprint density at radius 2 is 2.10 bits per heavy atom. The molecule has 0 unspecified atom stereocenters. The predicted octanol–water partition coefficient (Wildman–Crippen LogP) is 1.76. The molecule has 1 fully saturated rings. The molecule has 1 saturated heterocycles. The van der Waals surface area contributed by atoms with Crippen molar-refractivity contribution in [3.05, 3.63) is 35.1 Å². The third-order valence-electron chi connectivity index (χ3n) is 5.93. The van der Waals surface area contributed by atoms with Crippen LogP contribution in [0.25, 0.3) is 11.2 Å². The van der Waals surface area contributed by atoms with Crippen molar-refractivity contribution in [2.45, 2.75) is 32.6 Å². The van der Waals surface area contributed by atoms with Crippen LogP contribution >= 0.6 is 11.6 Å². The summed E-state index contributed by atoms with van der Waals surface area (Å²) in [6.45, 7) is 3.64. The van der Waals surface area contributed by atoms with Crippen LogP contribution < -0.4 is 10.8 Å². The fraction of sp³-hybridized carbons (Fsp3) is 0.500. The van der Waals surface area contributed by atoms with Gasteiger partial charge in [-0.15, -0.1) is 0 Å². The first-order valence-corrected chi connectivity index (χ1v) is 12.5. The minimum atomic E-state index is -3.09. The van der Waals surface area contributed by atoms with Gasteiger partial charge >= 0.3 is 0 Å². The molecule has 30 heavy (non-hydrogen) atoms. The number of nitrogens with one attached hydrogen (secondary N) is 1. The van der Waals surface area contributed by atoms with E-state index in [1.54, 1.807) is 11.2 Å². The number of allylic oxidation sites excluding steroid dienone is 4. The van der Waals surface area contributed by atoms with E-state index in [4.69, 9.17) is 16.6 Å². The van der Waals surface area contributed by atoms with Crippen LogP contribution in [0.2, 0.25) is 0 Å². The van der Waals surface area contributed by atoms with Gasteiger partial charge in [0.2, 0.25) is 10.0 Å². The molecule has 2 aromatic rings. The second-order valence-corrected chi connectivity index (χ2v) is 10.7. The summed E-state index contributed by atoms with van der Waals surface area (Å²) >= 11 is 6.49. The van der Waals surface area contributed by atoms with Gasteiger partial charge in [-0.3, -0.25) is 0 Å². The van der Waals surface area contributed by atoms with Gasteiger partial charge in [-0.25, -0.2) is 17.7 Å². The minimum absolute atomic E-state index is 0.166. The lowest BCUT2D eigenvalue weighted by Gasteiger charge is -2.31. The Balaban J connectivity index is 1.53. The Bertz CT molecular complexity index is 1100. The number of anilines is 1. The van der Waals surface area contributed by atoms with Crippen LogP contribution in [0.3, 0.4) is 0 Å². The first-order chi connectivity index (χ1) is 14.4. The van der Waals surface area contributed by atoms with Crippen LogP contribution in [0.4, 0.5) is 5.82 Å². The van der Waals surface area contributed by atoms with Crippen LogP contribution in [0.5, 0.6) is 0 Å². The van der Waals surface area contributed by atoms with Gasteiger partial charge in [0.05, 0.1) is 11.4 Å². The normalized spacial score (nSPS) is 19.0. The lowest BCUT2D eigenvalue weighted by molar-refractivity contribution is 0.282. The van der Waals surface area contributed by atoms with Crippen molar-refractivity contribution in [3.63, 3.8) is 0 Å². The molecule has 160 valence electrons. The molecule has 7 nitrogen and oxygen atoms in total. The molecule has 0 saturated carbocycles. The largest absolute Gasteiger partial charge is 0.370 e. The molecule has 1 aliphatic carbocycles. The van der Waals surface area contributed by atoms with Gasteiger partial charge in [0, 0.05) is 42.5 Å². The Kier molecular flexibility index (Phi) is 6.22. The van der Waals surface area contributed by atoms with Crippen molar-refractivity contribution in [1.29, 1.82) is 0 Å². The van der Waals surface area contributed by atoms with Gasteiger partial charge in [0.15, 0.2) is 5.65 Å². The van der Waals surface area contributed by atoms with E-state index in [1.807, 2.05) is 30.7 Å². The molecule has 2 aromatic heterocycles. The number of nitrogens with zero attached hydrogens (tertiary/aromatic N) is 4. The highest BCUT2D eigenvalue weighted by Crippen LogP contribution is 2.30. The predicted molar refractivity (Wildman–Crippen MR) is 125 cm³/mol. The summed E-state index contributed by atoms with van der Waals surface area (Å²) < 4.78 is 27.6. The first-order valence-electron chi connectivity index (χ1n) is 10.5. The van der Waals surface area contributed by atoms with Gasteiger partial charge in [-0.1, -0.05) is 23.8 Å². The fourth-order valence-corrected chi connectivity index (χ4v) is 5.42. The first kappa shape index (κ1) is 21.4. The van der Waals surface area contributed by atoms with Crippen molar-refractivity contribution in [3.8, 4) is 0 Å².